The van der Waals surface area contributed by atoms with E-state index in [1.807, 2.05) is 6.07 Å². The standard InChI is InChI=1S/C12H12N4/c13-11-12(15-7-6-14-11)16-8-5-9-3-1-2-4-10(9)16/h1-4,6-7H,5,8H2,(H2,13,14). The van der Waals surface area contributed by atoms with Crippen molar-refractivity contribution in [3.05, 3.63) is 42.2 Å². The molecule has 80 valence electrons. The molecule has 3 rings (SSSR count). The Morgan fingerprint density at radius 1 is 1.12 bits per heavy atom. The van der Waals surface area contributed by atoms with E-state index < -0.39 is 0 Å². The first kappa shape index (κ1) is 9.15. The van der Waals surface area contributed by atoms with Crippen LogP contribution >= 0.6 is 0 Å². The second-order valence-corrected chi connectivity index (χ2v) is 3.80. The summed E-state index contributed by atoms with van der Waals surface area (Å²) in [6.45, 7) is 0.919. The third-order valence-corrected chi connectivity index (χ3v) is 2.85. The maximum absolute atomic E-state index is 5.84. The van der Waals surface area contributed by atoms with Gasteiger partial charge in [-0.3, -0.25) is 0 Å². The van der Waals surface area contributed by atoms with Gasteiger partial charge in [-0.15, -0.1) is 0 Å². The zero-order valence-electron chi connectivity index (χ0n) is 8.80. The van der Waals surface area contributed by atoms with Crippen molar-refractivity contribution in [2.45, 2.75) is 6.42 Å². The molecule has 1 aliphatic rings. The Kier molecular flexibility index (Phi) is 1.99. The fourth-order valence-corrected chi connectivity index (χ4v) is 2.11. The van der Waals surface area contributed by atoms with Crippen molar-refractivity contribution < 1.29 is 0 Å². The van der Waals surface area contributed by atoms with Gasteiger partial charge in [0.2, 0.25) is 0 Å². The van der Waals surface area contributed by atoms with Gasteiger partial charge in [0, 0.05) is 24.6 Å². The van der Waals surface area contributed by atoms with Crippen LogP contribution in [-0.4, -0.2) is 16.5 Å². The van der Waals surface area contributed by atoms with Crippen LogP contribution in [0.1, 0.15) is 5.56 Å². The molecule has 2 heterocycles. The molecule has 0 spiro atoms. The summed E-state index contributed by atoms with van der Waals surface area (Å²) < 4.78 is 0. The lowest BCUT2D eigenvalue weighted by atomic mass is 10.2. The first-order chi connectivity index (χ1) is 7.86. The Hall–Kier alpha value is -2.10. The zero-order chi connectivity index (χ0) is 11.0. The number of anilines is 3. The maximum Gasteiger partial charge on any atom is 0.176 e. The van der Waals surface area contributed by atoms with Crippen molar-refractivity contribution in [3.63, 3.8) is 0 Å². The third-order valence-electron chi connectivity index (χ3n) is 2.85. The van der Waals surface area contributed by atoms with Crippen LogP contribution in [0.25, 0.3) is 0 Å². The minimum atomic E-state index is 0.485. The van der Waals surface area contributed by atoms with Gasteiger partial charge in [0.1, 0.15) is 0 Å². The molecule has 0 unspecified atom stereocenters. The molecule has 1 aliphatic heterocycles. The Morgan fingerprint density at radius 2 is 1.94 bits per heavy atom. The highest BCUT2D eigenvalue weighted by Crippen LogP contribution is 2.34. The molecule has 0 saturated heterocycles. The number of aromatic nitrogens is 2. The molecule has 0 bridgehead atoms. The van der Waals surface area contributed by atoms with Crippen LogP contribution < -0.4 is 10.6 Å². The van der Waals surface area contributed by atoms with Crippen LogP contribution in [0.15, 0.2) is 36.7 Å². The van der Waals surface area contributed by atoms with Crippen molar-refractivity contribution in [3.8, 4) is 0 Å². The van der Waals surface area contributed by atoms with E-state index in [0.717, 1.165) is 18.8 Å². The summed E-state index contributed by atoms with van der Waals surface area (Å²) in [5, 5.41) is 0. The van der Waals surface area contributed by atoms with E-state index in [1.54, 1.807) is 12.4 Å². The zero-order valence-corrected chi connectivity index (χ0v) is 8.80. The Bertz CT molecular complexity index is 524. The van der Waals surface area contributed by atoms with Crippen LogP contribution in [0.3, 0.4) is 0 Å². The predicted octanol–water partition coefficient (Wildman–Crippen LogP) is 1.75. The summed E-state index contributed by atoms with van der Waals surface area (Å²) >= 11 is 0. The molecule has 16 heavy (non-hydrogen) atoms. The number of para-hydroxylation sites is 1. The number of nitrogens with zero attached hydrogens (tertiary/aromatic N) is 3. The molecular weight excluding hydrogens is 200 g/mol. The first-order valence-corrected chi connectivity index (χ1v) is 5.28. The highest BCUT2D eigenvalue weighted by atomic mass is 15.2. The Balaban J connectivity index is 2.08. The van der Waals surface area contributed by atoms with Gasteiger partial charge >= 0.3 is 0 Å². The average Bonchev–Trinajstić information content (AvgIpc) is 2.74. The fourth-order valence-electron chi connectivity index (χ4n) is 2.11. The monoisotopic (exact) mass is 212 g/mol. The molecular formula is C12H12N4. The van der Waals surface area contributed by atoms with Gasteiger partial charge in [-0.1, -0.05) is 18.2 Å². The molecule has 0 aliphatic carbocycles. The number of hydrogen-bond acceptors (Lipinski definition) is 4. The predicted molar refractivity (Wildman–Crippen MR) is 63.6 cm³/mol. The van der Waals surface area contributed by atoms with Gasteiger partial charge in [0.25, 0.3) is 0 Å². The van der Waals surface area contributed by atoms with Gasteiger partial charge in [-0.2, -0.15) is 0 Å². The van der Waals surface area contributed by atoms with E-state index in [0.29, 0.717) is 5.82 Å². The normalized spacial score (nSPS) is 13.9. The average molecular weight is 212 g/mol. The largest absolute Gasteiger partial charge is 0.381 e. The minimum Gasteiger partial charge on any atom is -0.381 e. The van der Waals surface area contributed by atoms with Crippen LogP contribution in [-0.2, 0) is 6.42 Å². The summed E-state index contributed by atoms with van der Waals surface area (Å²) in [6.07, 6.45) is 4.32. The van der Waals surface area contributed by atoms with Gasteiger partial charge in [0.15, 0.2) is 11.6 Å². The lowest BCUT2D eigenvalue weighted by Crippen LogP contribution is -2.17. The quantitative estimate of drug-likeness (QED) is 0.782. The lowest BCUT2D eigenvalue weighted by Gasteiger charge is -2.18. The van der Waals surface area contributed by atoms with Crippen molar-refractivity contribution in [1.29, 1.82) is 0 Å². The van der Waals surface area contributed by atoms with E-state index in [-0.39, 0.29) is 0 Å². The van der Waals surface area contributed by atoms with E-state index in [2.05, 4.69) is 33.1 Å². The van der Waals surface area contributed by atoms with Crippen LogP contribution in [0.5, 0.6) is 0 Å². The minimum absolute atomic E-state index is 0.485. The summed E-state index contributed by atoms with van der Waals surface area (Å²) in [7, 11) is 0. The van der Waals surface area contributed by atoms with Crippen molar-refractivity contribution in [1.82, 2.24) is 9.97 Å². The van der Waals surface area contributed by atoms with E-state index in [4.69, 9.17) is 5.73 Å². The molecule has 0 radical (unpaired) electrons. The topological polar surface area (TPSA) is 55.0 Å². The maximum atomic E-state index is 5.84. The second kappa shape index (κ2) is 3.48. The Morgan fingerprint density at radius 3 is 2.81 bits per heavy atom. The van der Waals surface area contributed by atoms with Gasteiger partial charge < -0.3 is 10.6 Å². The smallest absolute Gasteiger partial charge is 0.176 e. The lowest BCUT2D eigenvalue weighted by molar-refractivity contribution is 0.967. The molecule has 0 saturated carbocycles. The first-order valence-electron chi connectivity index (χ1n) is 5.28. The summed E-state index contributed by atoms with van der Waals surface area (Å²) in [4.78, 5) is 10.5. The number of rotatable bonds is 1. The molecule has 4 nitrogen and oxygen atoms in total. The second-order valence-electron chi connectivity index (χ2n) is 3.80. The molecule has 0 fully saturated rings. The molecule has 1 aromatic heterocycles. The molecule has 0 amide bonds. The number of hydrogen-bond donors (Lipinski definition) is 1. The summed E-state index contributed by atoms with van der Waals surface area (Å²) in [6, 6.07) is 8.32. The highest BCUT2D eigenvalue weighted by Gasteiger charge is 2.22. The molecule has 0 atom stereocenters. The number of nitrogen functional groups attached to an aromatic ring is 1. The van der Waals surface area contributed by atoms with Gasteiger partial charge in [-0.25, -0.2) is 9.97 Å². The van der Waals surface area contributed by atoms with Crippen LogP contribution in [0.2, 0.25) is 0 Å². The number of fused-ring (bicyclic) bond motifs is 1. The van der Waals surface area contributed by atoms with E-state index >= 15 is 0 Å². The summed E-state index contributed by atoms with van der Waals surface area (Å²) in [5.74, 6) is 1.24. The Labute approximate surface area is 93.8 Å². The summed E-state index contributed by atoms with van der Waals surface area (Å²) in [5.41, 5.74) is 8.37. The molecule has 2 aromatic rings. The van der Waals surface area contributed by atoms with Crippen LogP contribution in [0, 0.1) is 0 Å². The van der Waals surface area contributed by atoms with Crippen molar-refractivity contribution in [2.75, 3.05) is 17.2 Å². The fraction of sp³-hybridized carbons (Fsp3) is 0.167. The molecule has 1 aromatic carbocycles. The third kappa shape index (κ3) is 1.31. The van der Waals surface area contributed by atoms with Crippen molar-refractivity contribution in [2.24, 2.45) is 0 Å². The van der Waals surface area contributed by atoms with Crippen LogP contribution in [0.4, 0.5) is 17.3 Å². The molecule has 2 N–H and O–H groups in total. The number of benzene rings is 1. The SMILES string of the molecule is Nc1nccnc1N1CCc2ccccc21. The number of nitrogens with two attached hydrogens (primary N) is 1. The van der Waals surface area contributed by atoms with E-state index in [9.17, 15) is 0 Å². The van der Waals surface area contributed by atoms with E-state index in [1.165, 1.54) is 11.3 Å². The highest BCUT2D eigenvalue weighted by molar-refractivity contribution is 5.73. The molecule has 4 heteroatoms. The van der Waals surface area contributed by atoms with Gasteiger partial charge in [-0.05, 0) is 18.1 Å². The van der Waals surface area contributed by atoms with Crippen molar-refractivity contribution >= 4 is 17.3 Å². The van der Waals surface area contributed by atoms with Gasteiger partial charge in [0.05, 0.1) is 0 Å².